The zero-order valence-electron chi connectivity index (χ0n) is 13.8. The second kappa shape index (κ2) is 7.24. The average molecular weight is 283 g/mol. The highest BCUT2D eigenvalue weighted by Crippen LogP contribution is 2.35. The first-order chi connectivity index (χ1) is 9.49. The first kappa shape index (κ1) is 16.3. The van der Waals surface area contributed by atoms with Gasteiger partial charge in [-0.2, -0.15) is 0 Å². The Bertz CT molecular complexity index is 277. The van der Waals surface area contributed by atoms with Gasteiger partial charge < -0.3 is 14.8 Å². The molecule has 1 aliphatic heterocycles. The SMILES string of the molecule is CC(C)NCC1(OC2CC(C)OC(C)C2)CCCCC1. The van der Waals surface area contributed by atoms with Crippen LogP contribution in [0.2, 0.25) is 0 Å². The van der Waals surface area contributed by atoms with E-state index in [0.29, 0.717) is 24.4 Å². The minimum atomic E-state index is 0.0734. The third-order valence-corrected chi connectivity index (χ3v) is 4.67. The lowest BCUT2D eigenvalue weighted by molar-refractivity contribution is -0.166. The molecule has 3 heteroatoms. The predicted octanol–water partition coefficient (Wildman–Crippen LogP) is 3.66. The molecule has 1 N–H and O–H groups in total. The van der Waals surface area contributed by atoms with Crippen LogP contribution in [0.5, 0.6) is 0 Å². The van der Waals surface area contributed by atoms with Crippen molar-refractivity contribution in [2.24, 2.45) is 0 Å². The monoisotopic (exact) mass is 283 g/mol. The summed E-state index contributed by atoms with van der Waals surface area (Å²) >= 11 is 0. The van der Waals surface area contributed by atoms with Crippen LogP contribution in [0.1, 0.15) is 72.6 Å². The quantitative estimate of drug-likeness (QED) is 0.835. The summed E-state index contributed by atoms with van der Waals surface area (Å²) in [6.07, 6.45) is 9.57. The minimum Gasteiger partial charge on any atom is -0.375 e. The predicted molar refractivity (Wildman–Crippen MR) is 83.1 cm³/mol. The van der Waals surface area contributed by atoms with E-state index in [1.54, 1.807) is 0 Å². The van der Waals surface area contributed by atoms with Crippen LogP contribution >= 0.6 is 0 Å². The average Bonchev–Trinajstić information content (AvgIpc) is 2.36. The van der Waals surface area contributed by atoms with Crippen molar-refractivity contribution in [3.63, 3.8) is 0 Å². The fourth-order valence-electron chi connectivity index (χ4n) is 3.72. The molecule has 2 unspecified atom stereocenters. The van der Waals surface area contributed by atoms with Crippen LogP contribution in [-0.2, 0) is 9.47 Å². The Labute approximate surface area is 124 Å². The molecule has 1 saturated carbocycles. The maximum absolute atomic E-state index is 6.67. The second-order valence-corrected chi connectivity index (χ2v) is 7.25. The van der Waals surface area contributed by atoms with Gasteiger partial charge in [0.2, 0.25) is 0 Å². The summed E-state index contributed by atoms with van der Waals surface area (Å²) in [6, 6.07) is 0.532. The number of hydrogen-bond donors (Lipinski definition) is 1. The highest BCUT2D eigenvalue weighted by atomic mass is 16.5. The third kappa shape index (κ3) is 4.71. The smallest absolute Gasteiger partial charge is 0.0810 e. The van der Waals surface area contributed by atoms with Crippen molar-refractivity contribution in [3.05, 3.63) is 0 Å². The third-order valence-electron chi connectivity index (χ3n) is 4.67. The molecule has 1 aliphatic carbocycles. The van der Waals surface area contributed by atoms with Crippen LogP contribution in [0.3, 0.4) is 0 Å². The zero-order chi connectivity index (χ0) is 14.6. The molecule has 0 aromatic heterocycles. The number of nitrogens with one attached hydrogen (secondary N) is 1. The summed E-state index contributed by atoms with van der Waals surface area (Å²) in [4.78, 5) is 0. The molecule has 0 aromatic rings. The molecule has 1 saturated heterocycles. The highest BCUT2D eigenvalue weighted by Gasteiger charge is 2.37. The molecule has 2 aliphatic rings. The summed E-state index contributed by atoms with van der Waals surface area (Å²) in [7, 11) is 0. The molecular formula is C17H33NO2. The van der Waals surface area contributed by atoms with Gasteiger partial charge >= 0.3 is 0 Å². The first-order valence-electron chi connectivity index (χ1n) is 8.56. The van der Waals surface area contributed by atoms with E-state index in [9.17, 15) is 0 Å². The van der Waals surface area contributed by atoms with E-state index >= 15 is 0 Å². The minimum absolute atomic E-state index is 0.0734. The normalized spacial score (nSPS) is 34.4. The van der Waals surface area contributed by atoms with Gasteiger partial charge in [0.1, 0.15) is 0 Å². The Morgan fingerprint density at radius 2 is 1.70 bits per heavy atom. The van der Waals surface area contributed by atoms with Crippen molar-refractivity contribution in [2.45, 2.75) is 103 Å². The molecule has 2 fully saturated rings. The Morgan fingerprint density at radius 3 is 2.25 bits per heavy atom. The molecule has 118 valence electrons. The van der Waals surface area contributed by atoms with Gasteiger partial charge in [-0.3, -0.25) is 0 Å². The van der Waals surface area contributed by atoms with E-state index < -0.39 is 0 Å². The maximum atomic E-state index is 6.67. The molecule has 0 bridgehead atoms. The van der Waals surface area contributed by atoms with Crippen LogP contribution in [-0.4, -0.2) is 36.5 Å². The highest BCUT2D eigenvalue weighted by molar-refractivity contribution is 4.89. The largest absolute Gasteiger partial charge is 0.375 e. The van der Waals surface area contributed by atoms with Gasteiger partial charge in [-0.15, -0.1) is 0 Å². The molecular weight excluding hydrogens is 250 g/mol. The maximum Gasteiger partial charge on any atom is 0.0810 e. The zero-order valence-corrected chi connectivity index (χ0v) is 13.8. The van der Waals surface area contributed by atoms with Crippen LogP contribution in [0.15, 0.2) is 0 Å². The van der Waals surface area contributed by atoms with Crippen molar-refractivity contribution in [3.8, 4) is 0 Å². The van der Waals surface area contributed by atoms with Gasteiger partial charge in [-0.1, -0.05) is 33.1 Å². The lowest BCUT2D eigenvalue weighted by Gasteiger charge is -2.43. The van der Waals surface area contributed by atoms with Gasteiger partial charge in [0.25, 0.3) is 0 Å². The van der Waals surface area contributed by atoms with Gasteiger partial charge in [-0.05, 0) is 39.5 Å². The molecule has 2 atom stereocenters. The van der Waals surface area contributed by atoms with Crippen molar-refractivity contribution >= 4 is 0 Å². The molecule has 0 amide bonds. The van der Waals surface area contributed by atoms with Crippen LogP contribution < -0.4 is 5.32 Å². The second-order valence-electron chi connectivity index (χ2n) is 7.25. The fourth-order valence-corrected chi connectivity index (χ4v) is 3.72. The Balaban J connectivity index is 1.95. The van der Waals surface area contributed by atoms with Crippen LogP contribution in [0, 0.1) is 0 Å². The number of rotatable bonds is 5. The van der Waals surface area contributed by atoms with Gasteiger partial charge in [0.05, 0.1) is 23.9 Å². The molecule has 3 nitrogen and oxygen atoms in total. The fraction of sp³-hybridized carbons (Fsp3) is 1.00. The number of hydrogen-bond acceptors (Lipinski definition) is 3. The van der Waals surface area contributed by atoms with Crippen molar-refractivity contribution < 1.29 is 9.47 Å². The Hall–Kier alpha value is -0.120. The Morgan fingerprint density at radius 1 is 1.10 bits per heavy atom. The van der Waals surface area contributed by atoms with Gasteiger partial charge in [-0.25, -0.2) is 0 Å². The summed E-state index contributed by atoms with van der Waals surface area (Å²) < 4.78 is 12.5. The van der Waals surface area contributed by atoms with Gasteiger partial charge in [0, 0.05) is 12.6 Å². The lowest BCUT2D eigenvalue weighted by atomic mass is 9.83. The van der Waals surface area contributed by atoms with Crippen molar-refractivity contribution in [1.29, 1.82) is 0 Å². The molecule has 0 aromatic carbocycles. The lowest BCUT2D eigenvalue weighted by Crippen LogP contribution is -2.50. The van der Waals surface area contributed by atoms with Crippen molar-refractivity contribution in [2.75, 3.05) is 6.54 Å². The van der Waals surface area contributed by atoms with Gasteiger partial charge in [0.15, 0.2) is 0 Å². The molecule has 0 radical (unpaired) electrons. The van der Waals surface area contributed by atoms with E-state index in [-0.39, 0.29) is 5.60 Å². The molecule has 0 spiro atoms. The number of ether oxygens (including phenoxy) is 2. The summed E-state index contributed by atoms with van der Waals surface area (Å²) in [5.41, 5.74) is 0.0734. The Kier molecular flexibility index (Phi) is 5.88. The summed E-state index contributed by atoms with van der Waals surface area (Å²) in [5, 5.41) is 3.61. The first-order valence-corrected chi connectivity index (χ1v) is 8.56. The van der Waals surface area contributed by atoms with E-state index in [0.717, 1.165) is 19.4 Å². The van der Waals surface area contributed by atoms with E-state index in [2.05, 4.69) is 33.0 Å². The molecule has 2 rings (SSSR count). The van der Waals surface area contributed by atoms with Crippen LogP contribution in [0.4, 0.5) is 0 Å². The van der Waals surface area contributed by atoms with Crippen molar-refractivity contribution in [1.82, 2.24) is 5.32 Å². The van der Waals surface area contributed by atoms with Crippen LogP contribution in [0.25, 0.3) is 0 Å². The topological polar surface area (TPSA) is 30.5 Å². The van der Waals surface area contributed by atoms with E-state index in [1.165, 1.54) is 32.1 Å². The standard InChI is InChI=1S/C17H33NO2/c1-13(2)18-12-17(8-6-5-7-9-17)20-16-10-14(3)19-15(4)11-16/h13-16,18H,5-12H2,1-4H3. The summed E-state index contributed by atoms with van der Waals surface area (Å²) in [5.74, 6) is 0. The summed E-state index contributed by atoms with van der Waals surface area (Å²) in [6.45, 7) is 9.78. The van der Waals surface area contributed by atoms with E-state index in [4.69, 9.17) is 9.47 Å². The molecule has 1 heterocycles. The van der Waals surface area contributed by atoms with E-state index in [1.807, 2.05) is 0 Å². The molecule has 20 heavy (non-hydrogen) atoms.